The summed E-state index contributed by atoms with van der Waals surface area (Å²) in [4.78, 5) is 27.8. The van der Waals surface area contributed by atoms with Crippen molar-refractivity contribution in [2.75, 3.05) is 13.2 Å². The molecule has 0 aromatic carbocycles. The van der Waals surface area contributed by atoms with Crippen molar-refractivity contribution in [2.24, 2.45) is 5.92 Å². The summed E-state index contributed by atoms with van der Waals surface area (Å²) >= 11 is 0. The quantitative estimate of drug-likeness (QED) is 0.672. The van der Waals surface area contributed by atoms with E-state index in [-0.39, 0.29) is 36.5 Å². The normalized spacial score (nSPS) is 26.0. The van der Waals surface area contributed by atoms with E-state index < -0.39 is 6.10 Å². The summed E-state index contributed by atoms with van der Waals surface area (Å²) in [5.74, 6) is 0.159. The Balaban J connectivity index is 1.44. The van der Waals surface area contributed by atoms with E-state index in [9.17, 15) is 14.7 Å². The highest BCUT2D eigenvalue weighted by Gasteiger charge is 2.33. The Hall–Kier alpha value is -1.99. The summed E-state index contributed by atoms with van der Waals surface area (Å²) in [5, 5.41) is 15.5. The van der Waals surface area contributed by atoms with Crippen LogP contribution in [0.4, 0.5) is 0 Å². The van der Waals surface area contributed by atoms with Gasteiger partial charge in [0.1, 0.15) is 6.10 Å². The standard InChI is InChI=1S/C18H25N3O4/c22-11-16-15(21-18(24)13-5-8-19-9-6-13)4-3-14(25-16)7-10-20-17(23)12-1-2-12/h5-6,8-9,12,14-16,22H,1-4,7,10-11H2,(H,20,23)(H,21,24)/t14-,15-,16-/m1/s1. The van der Waals surface area contributed by atoms with Gasteiger partial charge in [0.25, 0.3) is 5.91 Å². The molecule has 3 N–H and O–H groups in total. The number of aliphatic hydroxyl groups is 1. The third-order valence-corrected chi connectivity index (χ3v) is 4.77. The van der Waals surface area contributed by atoms with Gasteiger partial charge in [-0.05, 0) is 44.2 Å². The highest BCUT2D eigenvalue weighted by molar-refractivity contribution is 5.94. The van der Waals surface area contributed by atoms with Gasteiger partial charge < -0.3 is 20.5 Å². The molecule has 25 heavy (non-hydrogen) atoms. The van der Waals surface area contributed by atoms with Crippen LogP contribution >= 0.6 is 0 Å². The molecule has 3 rings (SSSR count). The number of aliphatic hydroxyl groups excluding tert-OH is 1. The largest absolute Gasteiger partial charge is 0.394 e. The van der Waals surface area contributed by atoms with Crippen molar-refractivity contribution < 1.29 is 19.4 Å². The third-order valence-electron chi connectivity index (χ3n) is 4.77. The smallest absolute Gasteiger partial charge is 0.251 e. The summed E-state index contributed by atoms with van der Waals surface area (Å²) < 4.78 is 5.91. The molecule has 1 saturated carbocycles. The van der Waals surface area contributed by atoms with Crippen LogP contribution in [0.1, 0.15) is 42.5 Å². The van der Waals surface area contributed by atoms with Crippen LogP contribution in [0.3, 0.4) is 0 Å². The fourth-order valence-corrected chi connectivity index (χ4v) is 3.11. The second-order valence-corrected chi connectivity index (χ2v) is 6.73. The van der Waals surface area contributed by atoms with E-state index in [2.05, 4.69) is 15.6 Å². The first-order chi connectivity index (χ1) is 12.2. The molecule has 7 nitrogen and oxygen atoms in total. The van der Waals surface area contributed by atoms with E-state index in [0.29, 0.717) is 12.1 Å². The average molecular weight is 347 g/mol. The van der Waals surface area contributed by atoms with Gasteiger partial charge in [0.15, 0.2) is 0 Å². The van der Waals surface area contributed by atoms with Crippen LogP contribution < -0.4 is 10.6 Å². The topological polar surface area (TPSA) is 101 Å². The maximum absolute atomic E-state index is 12.2. The lowest BCUT2D eigenvalue weighted by Crippen LogP contribution is -2.51. The van der Waals surface area contributed by atoms with Crippen LogP contribution in [0.25, 0.3) is 0 Å². The van der Waals surface area contributed by atoms with Crippen molar-refractivity contribution in [3.8, 4) is 0 Å². The zero-order valence-corrected chi connectivity index (χ0v) is 14.2. The summed E-state index contributed by atoms with van der Waals surface area (Å²) in [6.07, 6.45) is 6.95. The van der Waals surface area contributed by atoms with Crippen LogP contribution in [-0.4, -0.2) is 53.3 Å². The molecule has 1 aliphatic carbocycles. The number of aromatic nitrogens is 1. The second kappa shape index (κ2) is 8.40. The highest BCUT2D eigenvalue weighted by atomic mass is 16.5. The lowest BCUT2D eigenvalue weighted by atomic mass is 9.96. The summed E-state index contributed by atoms with van der Waals surface area (Å²) in [6, 6.07) is 3.08. The van der Waals surface area contributed by atoms with Gasteiger partial charge in [0.05, 0.1) is 18.8 Å². The molecule has 0 radical (unpaired) electrons. The molecular formula is C18H25N3O4. The number of nitrogens with zero attached hydrogens (tertiary/aromatic N) is 1. The van der Waals surface area contributed by atoms with E-state index in [1.807, 2.05) is 0 Å². The number of hydrogen-bond donors (Lipinski definition) is 3. The molecule has 2 amide bonds. The summed E-state index contributed by atoms with van der Waals surface area (Å²) in [6.45, 7) is 0.443. The van der Waals surface area contributed by atoms with E-state index >= 15 is 0 Å². The van der Waals surface area contributed by atoms with Crippen molar-refractivity contribution in [1.29, 1.82) is 0 Å². The Morgan fingerprint density at radius 2 is 1.96 bits per heavy atom. The molecule has 1 aliphatic heterocycles. The van der Waals surface area contributed by atoms with E-state index in [0.717, 1.165) is 32.1 Å². The minimum absolute atomic E-state index is 0.00858. The number of carbonyl (C=O) groups excluding carboxylic acids is 2. The molecule has 3 atom stereocenters. The van der Waals surface area contributed by atoms with Crippen molar-refractivity contribution in [1.82, 2.24) is 15.6 Å². The molecular weight excluding hydrogens is 322 g/mol. The zero-order chi connectivity index (χ0) is 17.6. The van der Waals surface area contributed by atoms with Crippen LogP contribution in [0, 0.1) is 5.92 Å². The molecule has 1 saturated heterocycles. The molecule has 2 aliphatic rings. The van der Waals surface area contributed by atoms with Crippen molar-refractivity contribution in [3.05, 3.63) is 30.1 Å². The Morgan fingerprint density at radius 3 is 2.64 bits per heavy atom. The second-order valence-electron chi connectivity index (χ2n) is 6.73. The Kier molecular flexibility index (Phi) is 5.99. The lowest BCUT2D eigenvalue weighted by Gasteiger charge is -2.36. The van der Waals surface area contributed by atoms with Crippen molar-refractivity contribution in [3.63, 3.8) is 0 Å². The number of amides is 2. The van der Waals surface area contributed by atoms with E-state index in [1.165, 1.54) is 0 Å². The first-order valence-electron chi connectivity index (χ1n) is 8.92. The van der Waals surface area contributed by atoms with Crippen LogP contribution in [0.2, 0.25) is 0 Å². The number of hydrogen-bond acceptors (Lipinski definition) is 5. The molecule has 2 fully saturated rings. The van der Waals surface area contributed by atoms with E-state index in [1.54, 1.807) is 24.5 Å². The molecule has 2 heterocycles. The summed E-state index contributed by atoms with van der Waals surface area (Å²) in [5.41, 5.74) is 0.539. The highest BCUT2D eigenvalue weighted by Crippen LogP contribution is 2.28. The van der Waals surface area contributed by atoms with Crippen LogP contribution in [0.5, 0.6) is 0 Å². The SMILES string of the molecule is O=C(N[C@@H]1CC[C@H](CCNC(=O)C2CC2)O[C@@H]1CO)c1ccncc1. The Bertz CT molecular complexity index is 591. The van der Waals surface area contributed by atoms with Gasteiger partial charge in [-0.25, -0.2) is 0 Å². The first-order valence-corrected chi connectivity index (χ1v) is 8.92. The Labute approximate surface area is 147 Å². The molecule has 7 heteroatoms. The maximum atomic E-state index is 12.2. The number of carbonyl (C=O) groups is 2. The zero-order valence-electron chi connectivity index (χ0n) is 14.2. The van der Waals surface area contributed by atoms with Crippen molar-refractivity contribution >= 4 is 11.8 Å². The number of ether oxygens (including phenoxy) is 1. The van der Waals surface area contributed by atoms with Gasteiger partial charge in [0, 0.05) is 30.4 Å². The fourth-order valence-electron chi connectivity index (χ4n) is 3.11. The van der Waals surface area contributed by atoms with Gasteiger partial charge in [0.2, 0.25) is 5.91 Å². The van der Waals surface area contributed by atoms with Gasteiger partial charge in [-0.15, -0.1) is 0 Å². The number of pyridine rings is 1. The van der Waals surface area contributed by atoms with Gasteiger partial charge in [-0.1, -0.05) is 0 Å². The van der Waals surface area contributed by atoms with Crippen LogP contribution in [-0.2, 0) is 9.53 Å². The molecule has 0 spiro atoms. The fraction of sp³-hybridized carbons (Fsp3) is 0.611. The minimum Gasteiger partial charge on any atom is -0.394 e. The molecule has 136 valence electrons. The van der Waals surface area contributed by atoms with E-state index in [4.69, 9.17) is 4.74 Å². The maximum Gasteiger partial charge on any atom is 0.251 e. The predicted octanol–water partition coefficient (Wildman–Crippen LogP) is 0.636. The molecule has 0 unspecified atom stereocenters. The Morgan fingerprint density at radius 1 is 1.20 bits per heavy atom. The summed E-state index contributed by atoms with van der Waals surface area (Å²) in [7, 11) is 0. The third kappa shape index (κ3) is 4.99. The first kappa shape index (κ1) is 17.8. The minimum atomic E-state index is -0.427. The van der Waals surface area contributed by atoms with Crippen LogP contribution in [0.15, 0.2) is 24.5 Å². The predicted molar refractivity (Wildman–Crippen MR) is 90.8 cm³/mol. The lowest BCUT2D eigenvalue weighted by molar-refractivity contribution is -0.122. The van der Waals surface area contributed by atoms with Gasteiger partial charge >= 0.3 is 0 Å². The number of rotatable bonds is 7. The van der Waals surface area contributed by atoms with Gasteiger partial charge in [-0.3, -0.25) is 14.6 Å². The molecule has 1 aromatic rings. The molecule has 1 aromatic heterocycles. The monoisotopic (exact) mass is 347 g/mol. The van der Waals surface area contributed by atoms with Gasteiger partial charge in [-0.2, -0.15) is 0 Å². The molecule has 0 bridgehead atoms. The number of nitrogens with one attached hydrogen (secondary N) is 2. The average Bonchev–Trinajstić information content (AvgIpc) is 3.48. The van der Waals surface area contributed by atoms with Crippen molar-refractivity contribution in [2.45, 2.75) is 50.4 Å².